The summed E-state index contributed by atoms with van der Waals surface area (Å²) in [5.41, 5.74) is 0.614. The van der Waals surface area contributed by atoms with Gasteiger partial charge >= 0.3 is 5.97 Å². The Morgan fingerprint density at radius 1 is 1.56 bits per heavy atom. The number of carboxylic acids is 1. The third-order valence-corrected chi connectivity index (χ3v) is 2.97. The molecule has 1 aromatic rings. The standard InChI is InChI=1S/C10H9BrN2O3/c11-6-3-9(14)13(5-6)7-1-2-8(10(15)16)12-4-7/h1-2,4,6H,3,5H2,(H,15,16). The van der Waals surface area contributed by atoms with Crippen molar-refractivity contribution >= 4 is 33.5 Å². The number of anilines is 1. The molecule has 84 valence electrons. The molecule has 1 N–H and O–H groups in total. The molecule has 1 saturated heterocycles. The van der Waals surface area contributed by atoms with E-state index in [0.717, 1.165) is 0 Å². The van der Waals surface area contributed by atoms with E-state index in [4.69, 9.17) is 5.11 Å². The Labute approximate surface area is 100 Å². The number of aromatic carboxylic acids is 1. The fourth-order valence-electron chi connectivity index (χ4n) is 1.59. The largest absolute Gasteiger partial charge is 0.477 e. The molecule has 1 aromatic heterocycles. The van der Waals surface area contributed by atoms with E-state index in [1.807, 2.05) is 0 Å². The molecule has 1 atom stereocenters. The molecule has 5 nitrogen and oxygen atoms in total. The fourth-order valence-corrected chi connectivity index (χ4v) is 2.15. The highest BCUT2D eigenvalue weighted by atomic mass is 79.9. The lowest BCUT2D eigenvalue weighted by Crippen LogP contribution is -2.24. The van der Waals surface area contributed by atoms with Gasteiger partial charge < -0.3 is 10.0 Å². The van der Waals surface area contributed by atoms with Crippen molar-refractivity contribution in [2.24, 2.45) is 0 Å². The summed E-state index contributed by atoms with van der Waals surface area (Å²) in [6.45, 7) is 0.590. The zero-order valence-electron chi connectivity index (χ0n) is 8.26. The van der Waals surface area contributed by atoms with E-state index in [-0.39, 0.29) is 16.4 Å². The van der Waals surface area contributed by atoms with E-state index >= 15 is 0 Å². The smallest absolute Gasteiger partial charge is 0.354 e. The first-order valence-electron chi connectivity index (χ1n) is 4.71. The number of carbonyl (C=O) groups is 2. The number of halogens is 1. The molecule has 1 unspecified atom stereocenters. The van der Waals surface area contributed by atoms with E-state index in [1.165, 1.54) is 12.3 Å². The molecule has 1 aliphatic rings. The summed E-state index contributed by atoms with van der Waals surface area (Å²) in [5, 5.41) is 8.68. The number of hydrogen-bond acceptors (Lipinski definition) is 3. The quantitative estimate of drug-likeness (QED) is 0.831. The van der Waals surface area contributed by atoms with Crippen molar-refractivity contribution in [2.45, 2.75) is 11.2 Å². The highest BCUT2D eigenvalue weighted by Gasteiger charge is 2.28. The predicted octanol–water partition coefficient (Wildman–Crippen LogP) is 1.28. The maximum atomic E-state index is 11.6. The number of hydrogen-bond donors (Lipinski definition) is 1. The normalized spacial score (nSPS) is 20.2. The maximum Gasteiger partial charge on any atom is 0.354 e. The molecule has 0 aliphatic carbocycles. The number of nitrogens with zero attached hydrogens (tertiary/aromatic N) is 2. The van der Waals surface area contributed by atoms with E-state index in [2.05, 4.69) is 20.9 Å². The fraction of sp³-hybridized carbons (Fsp3) is 0.300. The summed E-state index contributed by atoms with van der Waals surface area (Å²) in [4.78, 5) is 27.7. The van der Waals surface area contributed by atoms with Crippen molar-refractivity contribution in [1.82, 2.24) is 4.98 Å². The molecular weight excluding hydrogens is 276 g/mol. The van der Waals surface area contributed by atoms with Gasteiger partial charge in [-0.3, -0.25) is 4.79 Å². The van der Waals surface area contributed by atoms with Gasteiger partial charge in [-0.1, -0.05) is 15.9 Å². The van der Waals surface area contributed by atoms with Gasteiger partial charge in [0.2, 0.25) is 5.91 Å². The maximum absolute atomic E-state index is 11.6. The van der Waals surface area contributed by atoms with Crippen molar-refractivity contribution in [2.75, 3.05) is 11.4 Å². The van der Waals surface area contributed by atoms with Crippen LogP contribution in [0.15, 0.2) is 18.3 Å². The molecule has 6 heteroatoms. The van der Waals surface area contributed by atoms with Crippen LogP contribution in [-0.4, -0.2) is 33.3 Å². The van der Waals surface area contributed by atoms with E-state index in [0.29, 0.717) is 18.7 Å². The Hall–Kier alpha value is -1.43. The van der Waals surface area contributed by atoms with Gasteiger partial charge in [-0.2, -0.15) is 0 Å². The Kier molecular flexibility index (Phi) is 2.91. The van der Waals surface area contributed by atoms with Gasteiger partial charge in [-0.25, -0.2) is 9.78 Å². The predicted molar refractivity (Wildman–Crippen MR) is 60.9 cm³/mol. The number of amides is 1. The van der Waals surface area contributed by atoms with Gasteiger partial charge in [-0.15, -0.1) is 0 Å². The van der Waals surface area contributed by atoms with Gasteiger partial charge in [-0.05, 0) is 12.1 Å². The molecule has 1 fully saturated rings. The van der Waals surface area contributed by atoms with Crippen molar-refractivity contribution in [3.63, 3.8) is 0 Å². The highest BCUT2D eigenvalue weighted by Crippen LogP contribution is 2.24. The summed E-state index contributed by atoms with van der Waals surface area (Å²) in [5.74, 6) is -1.05. The van der Waals surface area contributed by atoms with Gasteiger partial charge in [0, 0.05) is 17.8 Å². The molecule has 16 heavy (non-hydrogen) atoms. The van der Waals surface area contributed by atoms with Crippen molar-refractivity contribution in [3.8, 4) is 0 Å². The molecule has 0 saturated carbocycles. The van der Waals surface area contributed by atoms with Crippen molar-refractivity contribution in [1.29, 1.82) is 0 Å². The summed E-state index contributed by atoms with van der Waals surface area (Å²) >= 11 is 3.38. The van der Waals surface area contributed by atoms with Crippen LogP contribution >= 0.6 is 15.9 Å². The number of aromatic nitrogens is 1. The van der Waals surface area contributed by atoms with Gasteiger partial charge in [0.15, 0.2) is 0 Å². The molecule has 0 aromatic carbocycles. The van der Waals surface area contributed by atoms with E-state index in [1.54, 1.807) is 11.0 Å². The summed E-state index contributed by atoms with van der Waals surface area (Å²) in [6, 6.07) is 2.99. The van der Waals surface area contributed by atoms with Gasteiger partial charge in [0.25, 0.3) is 0 Å². The van der Waals surface area contributed by atoms with Crippen LogP contribution in [-0.2, 0) is 4.79 Å². The van der Waals surface area contributed by atoms with Crippen LogP contribution in [0.5, 0.6) is 0 Å². The lowest BCUT2D eigenvalue weighted by Gasteiger charge is -2.15. The second-order valence-corrected chi connectivity index (χ2v) is 4.81. The average molecular weight is 285 g/mol. The number of rotatable bonds is 2. The lowest BCUT2D eigenvalue weighted by atomic mass is 10.3. The van der Waals surface area contributed by atoms with Crippen LogP contribution in [0.2, 0.25) is 0 Å². The Balaban J connectivity index is 2.22. The van der Waals surface area contributed by atoms with Crippen molar-refractivity contribution < 1.29 is 14.7 Å². The zero-order valence-corrected chi connectivity index (χ0v) is 9.85. The van der Waals surface area contributed by atoms with Crippen LogP contribution in [0.3, 0.4) is 0 Å². The van der Waals surface area contributed by atoms with Crippen LogP contribution in [0.25, 0.3) is 0 Å². The molecule has 0 radical (unpaired) electrons. The summed E-state index contributed by atoms with van der Waals surface area (Å²) in [7, 11) is 0. The summed E-state index contributed by atoms with van der Waals surface area (Å²) < 4.78 is 0. The Bertz CT molecular complexity index is 432. The third kappa shape index (κ3) is 2.06. The number of alkyl halides is 1. The molecule has 1 amide bonds. The SMILES string of the molecule is O=C(O)c1ccc(N2CC(Br)CC2=O)cn1. The number of pyridine rings is 1. The molecule has 2 heterocycles. The Morgan fingerprint density at radius 3 is 2.75 bits per heavy atom. The minimum atomic E-state index is -1.07. The number of carboxylic acid groups (broad SMARTS) is 1. The molecule has 0 spiro atoms. The third-order valence-electron chi connectivity index (χ3n) is 2.36. The first-order valence-corrected chi connectivity index (χ1v) is 5.63. The second-order valence-electron chi connectivity index (χ2n) is 3.51. The molecule has 2 rings (SSSR count). The lowest BCUT2D eigenvalue weighted by molar-refractivity contribution is -0.117. The second kappa shape index (κ2) is 4.21. The highest BCUT2D eigenvalue weighted by molar-refractivity contribution is 9.09. The minimum absolute atomic E-state index is 0.0201. The van der Waals surface area contributed by atoms with Gasteiger partial charge in [0.05, 0.1) is 11.9 Å². The van der Waals surface area contributed by atoms with E-state index in [9.17, 15) is 9.59 Å². The first-order chi connectivity index (χ1) is 7.58. The zero-order chi connectivity index (χ0) is 11.7. The average Bonchev–Trinajstić information content (AvgIpc) is 2.58. The van der Waals surface area contributed by atoms with Crippen LogP contribution in [0.4, 0.5) is 5.69 Å². The monoisotopic (exact) mass is 284 g/mol. The minimum Gasteiger partial charge on any atom is -0.477 e. The molecule has 1 aliphatic heterocycles. The number of carbonyl (C=O) groups excluding carboxylic acids is 1. The van der Waals surface area contributed by atoms with Crippen molar-refractivity contribution in [3.05, 3.63) is 24.0 Å². The van der Waals surface area contributed by atoms with E-state index < -0.39 is 5.97 Å². The van der Waals surface area contributed by atoms with Crippen LogP contribution in [0, 0.1) is 0 Å². The molecular formula is C10H9BrN2O3. The topological polar surface area (TPSA) is 70.5 Å². The van der Waals surface area contributed by atoms with Crippen LogP contribution in [0.1, 0.15) is 16.9 Å². The molecule has 0 bridgehead atoms. The first kappa shape index (κ1) is 11.1. The summed E-state index contributed by atoms with van der Waals surface area (Å²) in [6.07, 6.45) is 1.87. The van der Waals surface area contributed by atoms with Gasteiger partial charge in [0.1, 0.15) is 5.69 Å². The van der Waals surface area contributed by atoms with Crippen LogP contribution < -0.4 is 4.90 Å². The Morgan fingerprint density at radius 2 is 2.31 bits per heavy atom.